The second kappa shape index (κ2) is 12.2. The normalized spacial score (nSPS) is 10.8. The molecule has 0 unspecified atom stereocenters. The quantitative estimate of drug-likeness (QED) is 0.149. The first kappa shape index (κ1) is 26.5. The fourth-order valence-electron chi connectivity index (χ4n) is 4.14. The van der Waals surface area contributed by atoms with Gasteiger partial charge in [0.2, 0.25) is 0 Å². The molecule has 0 spiro atoms. The van der Waals surface area contributed by atoms with Gasteiger partial charge in [0.15, 0.2) is 11.4 Å². The monoisotopic (exact) mass is 538 g/mol. The number of unbranched alkanes of at least 4 members (excludes halogenated alkanes) is 1. The summed E-state index contributed by atoms with van der Waals surface area (Å²) in [5, 5.41) is 11.1. The van der Waals surface area contributed by atoms with Gasteiger partial charge in [-0.05, 0) is 66.6 Å². The zero-order valence-electron chi connectivity index (χ0n) is 22.5. The van der Waals surface area contributed by atoms with Crippen LogP contribution in [-0.4, -0.2) is 46.4 Å². The number of hydrogen-bond donors (Lipinski definition) is 2. The molecule has 10 nitrogen and oxygen atoms in total. The second-order valence-corrected chi connectivity index (χ2v) is 8.98. The first-order valence-electron chi connectivity index (χ1n) is 12.9. The Balaban J connectivity index is 1.37. The number of pyridine rings is 2. The summed E-state index contributed by atoms with van der Waals surface area (Å²) >= 11 is 0. The van der Waals surface area contributed by atoms with Crippen LogP contribution < -0.4 is 20.1 Å². The number of hydrogen-bond acceptors (Lipinski definition) is 9. The number of esters is 1. The summed E-state index contributed by atoms with van der Waals surface area (Å²) in [5.41, 5.74) is 5.57. The maximum Gasteiger partial charge on any atom is 0.338 e. The second-order valence-electron chi connectivity index (χ2n) is 8.98. The molecule has 5 aromatic rings. The van der Waals surface area contributed by atoms with Crippen LogP contribution in [0.15, 0.2) is 79.3 Å². The molecule has 3 aromatic heterocycles. The van der Waals surface area contributed by atoms with Gasteiger partial charge in [0, 0.05) is 23.1 Å². The minimum Gasteiger partial charge on any atom is -0.491 e. The third kappa shape index (κ3) is 5.96. The lowest BCUT2D eigenvalue weighted by Crippen LogP contribution is -2.06. The van der Waals surface area contributed by atoms with Gasteiger partial charge in [0.05, 0.1) is 32.1 Å². The van der Waals surface area contributed by atoms with Gasteiger partial charge in [0.1, 0.15) is 12.1 Å². The van der Waals surface area contributed by atoms with Crippen LogP contribution in [-0.2, 0) is 4.74 Å². The fraction of sp³-hybridized carbons (Fsp3) is 0.200. The zero-order valence-corrected chi connectivity index (χ0v) is 22.5. The van der Waals surface area contributed by atoms with Crippen molar-refractivity contribution in [1.29, 1.82) is 0 Å². The standard InChI is InChI=1S/C30H30N6O4/c1-4-5-15-40-30(37)20-9-11-23(12-10-20)33-24-8-6-7-21(16-24)22-17-25(28-31-19-32-36(28)18-22)34-27-14-13-26(38-2)29(35-27)39-3/h6-14,16-19,33H,4-5,15H2,1-3H3,(H,34,35). The van der Waals surface area contributed by atoms with E-state index in [1.165, 1.54) is 6.33 Å². The van der Waals surface area contributed by atoms with Gasteiger partial charge >= 0.3 is 5.97 Å². The summed E-state index contributed by atoms with van der Waals surface area (Å²) in [5.74, 6) is 1.19. The van der Waals surface area contributed by atoms with Crippen molar-refractivity contribution in [2.45, 2.75) is 19.8 Å². The van der Waals surface area contributed by atoms with E-state index in [0.29, 0.717) is 35.3 Å². The average Bonchev–Trinajstić information content (AvgIpc) is 3.47. The molecule has 5 rings (SSSR count). The summed E-state index contributed by atoms with van der Waals surface area (Å²) in [6, 6.07) is 20.9. The average molecular weight is 539 g/mol. The van der Waals surface area contributed by atoms with Crippen LogP contribution in [0.1, 0.15) is 30.1 Å². The highest BCUT2D eigenvalue weighted by Gasteiger charge is 2.12. The molecule has 0 fully saturated rings. The predicted molar refractivity (Wildman–Crippen MR) is 154 cm³/mol. The maximum absolute atomic E-state index is 12.2. The van der Waals surface area contributed by atoms with Crippen LogP contribution in [0.3, 0.4) is 0 Å². The van der Waals surface area contributed by atoms with Gasteiger partial charge in [-0.2, -0.15) is 10.1 Å². The molecule has 0 bridgehead atoms. The third-order valence-electron chi connectivity index (χ3n) is 6.21. The van der Waals surface area contributed by atoms with Crippen LogP contribution in [0.25, 0.3) is 16.8 Å². The molecule has 3 heterocycles. The molecule has 0 aliphatic heterocycles. The molecule has 0 aliphatic rings. The van der Waals surface area contributed by atoms with Crippen LogP contribution in [0.5, 0.6) is 11.6 Å². The van der Waals surface area contributed by atoms with Crippen LogP contribution in [0, 0.1) is 0 Å². The Labute approximate surface area is 232 Å². The Kier molecular flexibility index (Phi) is 8.05. The molecule has 204 valence electrons. The minimum absolute atomic E-state index is 0.307. The van der Waals surface area contributed by atoms with Crippen molar-refractivity contribution in [3.8, 4) is 22.8 Å². The smallest absolute Gasteiger partial charge is 0.338 e. The van der Waals surface area contributed by atoms with E-state index in [4.69, 9.17) is 14.2 Å². The first-order valence-corrected chi connectivity index (χ1v) is 12.9. The van der Waals surface area contributed by atoms with Gasteiger partial charge in [-0.3, -0.25) is 0 Å². The largest absolute Gasteiger partial charge is 0.491 e. The predicted octanol–water partition coefficient (Wildman–Crippen LogP) is 6.25. The summed E-state index contributed by atoms with van der Waals surface area (Å²) in [4.78, 5) is 21.1. The summed E-state index contributed by atoms with van der Waals surface area (Å²) in [7, 11) is 3.11. The third-order valence-corrected chi connectivity index (χ3v) is 6.21. The van der Waals surface area contributed by atoms with Crippen molar-refractivity contribution >= 4 is 34.5 Å². The molecule has 2 N–H and O–H groups in total. The van der Waals surface area contributed by atoms with Gasteiger partial charge in [0.25, 0.3) is 5.88 Å². The Hall–Kier alpha value is -5.12. The Bertz CT molecular complexity index is 1620. The molecule has 0 amide bonds. The van der Waals surface area contributed by atoms with Gasteiger partial charge < -0.3 is 24.8 Å². The number of benzene rings is 2. The van der Waals surface area contributed by atoms with Gasteiger partial charge in [-0.1, -0.05) is 25.5 Å². The number of methoxy groups -OCH3 is 2. The minimum atomic E-state index is -0.307. The highest BCUT2D eigenvalue weighted by atomic mass is 16.5. The molecule has 0 aliphatic carbocycles. The number of carbonyl (C=O) groups excluding carboxylic acids is 1. The zero-order chi connectivity index (χ0) is 27.9. The lowest BCUT2D eigenvalue weighted by molar-refractivity contribution is 0.0500. The molecule has 2 aromatic carbocycles. The van der Waals surface area contributed by atoms with Crippen molar-refractivity contribution < 1.29 is 19.0 Å². The number of anilines is 4. The highest BCUT2D eigenvalue weighted by Crippen LogP contribution is 2.31. The molecule has 0 atom stereocenters. The van der Waals surface area contributed by atoms with Gasteiger partial charge in [-0.25, -0.2) is 14.3 Å². The molecule has 10 heteroatoms. The first-order chi connectivity index (χ1) is 19.6. The topological polar surface area (TPSA) is 112 Å². The fourth-order valence-corrected chi connectivity index (χ4v) is 4.14. The van der Waals surface area contributed by atoms with E-state index in [1.807, 2.05) is 54.7 Å². The SMILES string of the molecule is CCCCOC(=O)c1ccc(Nc2cccc(-c3cc(Nc4ccc(OC)c(OC)n4)c4ncnn4c3)c2)cc1. The Morgan fingerprint density at radius 2 is 1.77 bits per heavy atom. The van der Waals surface area contributed by atoms with Crippen molar-refractivity contribution in [3.63, 3.8) is 0 Å². The van der Waals surface area contributed by atoms with E-state index >= 15 is 0 Å². The number of ether oxygens (including phenoxy) is 3. The van der Waals surface area contributed by atoms with Crippen LogP contribution >= 0.6 is 0 Å². The highest BCUT2D eigenvalue weighted by molar-refractivity contribution is 5.90. The summed E-state index contributed by atoms with van der Waals surface area (Å²) < 4.78 is 17.6. The van der Waals surface area contributed by atoms with E-state index in [9.17, 15) is 4.79 Å². The van der Waals surface area contributed by atoms with Crippen LogP contribution in [0.2, 0.25) is 0 Å². The van der Waals surface area contributed by atoms with E-state index in [1.54, 1.807) is 36.9 Å². The lowest BCUT2D eigenvalue weighted by atomic mass is 10.1. The van der Waals surface area contributed by atoms with E-state index in [0.717, 1.165) is 41.0 Å². The Morgan fingerprint density at radius 1 is 0.925 bits per heavy atom. The number of carbonyl (C=O) groups is 1. The molecule has 0 radical (unpaired) electrons. The number of rotatable bonds is 11. The van der Waals surface area contributed by atoms with Crippen molar-refractivity contribution in [2.24, 2.45) is 0 Å². The van der Waals surface area contributed by atoms with E-state index in [2.05, 4.69) is 32.6 Å². The summed E-state index contributed by atoms with van der Waals surface area (Å²) in [6.07, 6.45) is 5.27. The molecule has 40 heavy (non-hydrogen) atoms. The van der Waals surface area contributed by atoms with E-state index < -0.39 is 0 Å². The molecular formula is C30H30N6O4. The maximum atomic E-state index is 12.2. The molecule has 0 saturated carbocycles. The molecule has 0 saturated heterocycles. The van der Waals surface area contributed by atoms with Gasteiger partial charge in [-0.15, -0.1) is 0 Å². The number of fused-ring (bicyclic) bond motifs is 1. The number of nitrogens with one attached hydrogen (secondary N) is 2. The number of aromatic nitrogens is 4. The van der Waals surface area contributed by atoms with E-state index in [-0.39, 0.29) is 5.97 Å². The Morgan fingerprint density at radius 3 is 2.55 bits per heavy atom. The number of nitrogens with zero attached hydrogens (tertiary/aromatic N) is 4. The van der Waals surface area contributed by atoms with Crippen molar-refractivity contribution in [1.82, 2.24) is 19.6 Å². The van der Waals surface area contributed by atoms with Crippen molar-refractivity contribution in [2.75, 3.05) is 31.5 Å². The summed E-state index contributed by atoms with van der Waals surface area (Å²) in [6.45, 7) is 2.49. The molecular weight excluding hydrogens is 508 g/mol. The van der Waals surface area contributed by atoms with Crippen LogP contribution in [0.4, 0.5) is 22.9 Å². The lowest BCUT2D eigenvalue weighted by Gasteiger charge is -2.13. The van der Waals surface area contributed by atoms with Crippen molar-refractivity contribution in [3.05, 3.63) is 84.8 Å².